The second kappa shape index (κ2) is 5.22. The first-order valence-electron chi connectivity index (χ1n) is 6.81. The molecule has 1 aliphatic rings. The summed E-state index contributed by atoms with van der Waals surface area (Å²) in [4.78, 5) is 4.59. The van der Waals surface area contributed by atoms with Crippen LogP contribution in [0.3, 0.4) is 0 Å². The highest BCUT2D eigenvalue weighted by Crippen LogP contribution is 2.33. The van der Waals surface area contributed by atoms with Gasteiger partial charge < -0.3 is 4.57 Å². The van der Waals surface area contributed by atoms with Crippen molar-refractivity contribution in [3.63, 3.8) is 0 Å². The van der Waals surface area contributed by atoms with Gasteiger partial charge in [0.15, 0.2) is 0 Å². The molecule has 0 spiro atoms. The number of nitrogens with zero attached hydrogens (tertiary/aromatic N) is 3. The fraction of sp³-hybridized carbons (Fsp3) is 0.467. The predicted octanol–water partition coefficient (Wildman–Crippen LogP) is 4.15. The summed E-state index contributed by atoms with van der Waals surface area (Å²) in [6, 6.07) is 8.50. The molecule has 19 heavy (non-hydrogen) atoms. The SMILES string of the molecule is N#Cc1cccc2c1nc(CCl)n2C1CCCCC1. The molecule has 0 unspecified atom stereocenters. The Bertz CT molecular complexity index is 633. The molecule has 0 aliphatic heterocycles. The van der Waals surface area contributed by atoms with Crippen molar-refractivity contribution in [2.75, 3.05) is 0 Å². The molecule has 3 nitrogen and oxygen atoms in total. The number of para-hydroxylation sites is 1. The molecule has 0 N–H and O–H groups in total. The van der Waals surface area contributed by atoms with Crippen molar-refractivity contribution in [3.05, 3.63) is 29.6 Å². The zero-order valence-corrected chi connectivity index (χ0v) is 11.5. The molecule has 1 aromatic heterocycles. The Hall–Kier alpha value is -1.53. The van der Waals surface area contributed by atoms with E-state index in [0.29, 0.717) is 17.5 Å². The van der Waals surface area contributed by atoms with Crippen molar-refractivity contribution in [2.24, 2.45) is 0 Å². The third-order valence-electron chi connectivity index (χ3n) is 3.97. The molecule has 1 saturated carbocycles. The first-order valence-corrected chi connectivity index (χ1v) is 7.34. The fourth-order valence-electron chi connectivity index (χ4n) is 3.10. The Morgan fingerprint density at radius 1 is 1.32 bits per heavy atom. The first-order chi connectivity index (χ1) is 9.35. The Morgan fingerprint density at radius 3 is 2.79 bits per heavy atom. The Balaban J connectivity index is 2.19. The second-order valence-electron chi connectivity index (χ2n) is 5.11. The molecule has 1 aromatic carbocycles. The lowest BCUT2D eigenvalue weighted by atomic mass is 9.95. The second-order valence-corrected chi connectivity index (χ2v) is 5.38. The van der Waals surface area contributed by atoms with Gasteiger partial charge in [-0.2, -0.15) is 5.26 Å². The summed E-state index contributed by atoms with van der Waals surface area (Å²) in [5.74, 6) is 1.29. The van der Waals surface area contributed by atoms with Crippen LogP contribution in [0.2, 0.25) is 0 Å². The van der Waals surface area contributed by atoms with E-state index >= 15 is 0 Å². The number of rotatable bonds is 2. The minimum absolute atomic E-state index is 0.399. The zero-order chi connectivity index (χ0) is 13.2. The summed E-state index contributed by atoms with van der Waals surface area (Å²) in [5, 5.41) is 9.19. The Morgan fingerprint density at radius 2 is 2.11 bits per heavy atom. The quantitative estimate of drug-likeness (QED) is 0.771. The maximum Gasteiger partial charge on any atom is 0.125 e. The van der Waals surface area contributed by atoms with E-state index in [0.717, 1.165) is 16.9 Å². The maximum atomic E-state index is 9.19. The topological polar surface area (TPSA) is 41.6 Å². The number of hydrogen-bond acceptors (Lipinski definition) is 2. The van der Waals surface area contributed by atoms with Crippen LogP contribution in [0.4, 0.5) is 0 Å². The van der Waals surface area contributed by atoms with Crippen LogP contribution in [0.5, 0.6) is 0 Å². The minimum atomic E-state index is 0.399. The van der Waals surface area contributed by atoms with Crippen LogP contribution in [0.1, 0.15) is 49.5 Å². The van der Waals surface area contributed by atoms with Crippen molar-refractivity contribution in [3.8, 4) is 6.07 Å². The van der Waals surface area contributed by atoms with Crippen molar-refractivity contribution in [1.82, 2.24) is 9.55 Å². The molecule has 3 rings (SSSR count). The van der Waals surface area contributed by atoms with Crippen LogP contribution in [0, 0.1) is 11.3 Å². The number of benzene rings is 1. The van der Waals surface area contributed by atoms with Gasteiger partial charge in [-0.05, 0) is 25.0 Å². The highest BCUT2D eigenvalue weighted by Gasteiger charge is 2.21. The highest BCUT2D eigenvalue weighted by molar-refractivity contribution is 6.16. The van der Waals surface area contributed by atoms with Crippen molar-refractivity contribution < 1.29 is 0 Å². The van der Waals surface area contributed by atoms with Crippen molar-refractivity contribution >= 4 is 22.6 Å². The average Bonchev–Trinajstić information content (AvgIpc) is 2.86. The first kappa shape index (κ1) is 12.5. The van der Waals surface area contributed by atoms with Crippen molar-refractivity contribution in [2.45, 2.75) is 44.0 Å². The van der Waals surface area contributed by atoms with Crippen molar-refractivity contribution in [1.29, 1.82) is 5.26 Å². The zero-order valence-electron chi connectivity index (χ0n) is 10.8. The molecule has 1 heterocycles. The lowest BCUT2D eigenvalue weighted by Gasteiger charge is -2.25. The lowest BCUT2D eigenvalue weighted by molar-refractivity contribution is 0.354. The normalized spacial score (nSPS) is 16.6. The number of alkyl halides is 1. The summed E-state index contributed by atoms with van der Waals surface area (Å²) in [6.07, 6.45) is 6.23. The van der Waals surface area contributed by atoms with E-state index in [1.54, 1.807) is 0 Å². The molecule has 4 heteroatoms. The molecule has 0 amide bonds. The Kier molecular flexibility index (Phi) is 3.44. The number of imidazole rings is 1. The fourth-order valence-corrected chi connectivity index (χ4v) is 3.28. The lowest BCUT2D eigenvalue weighted by Crippen LogP contribution is -2.14. The van der Waals surface area contributed by atoms with Gasteiger partial charge in [-0.25, -0.2) is 4.98 Å². The highest BCUT2D eigenvalue weighted by atomic mass is 35.5. The smallest absolute Gasteiger partial charge is 0.125 e. The molecule has 1 fully saturated rings. The van der Waals surface area contributed by atoms with Crippen LogP contribution >= 0.6 is 11.6 Å². The van der Waals surface area contributed by atoms with Gasteiger partial charge in [-0.1, -0.05) is 25.3 Å². The van der Waals surface area contributed by atoms with Gasteiger partial charge in [0, 0.05) is 6.04 Å². The van der Waals surface area contributed by atoms with Gasteiger partial charge >= 0.3 is 0 Å². The number of nitriles is 1. The van der Waals surface area contributed by atoms with E-state index in [4.69, 9.17) is 11.6 Å². The van der Waals surface area contributed by atoms with Gasteiger partial charge in [0.25, 0.3) is 0 Å². The predicted molar refractivity (Wildman–Crippen MR) is 76.1 cm³/mol. The van der Waals surface area contributed by atoms with E-state index in [-0.39, 0.29) is 0 Å². The van der Waals surface area contributed by atoms with Crippen LogP contribution < -0.4 is 0 Å². The number of hydrogen-bond donors (Lipinski definition) is 0. The summed E-state index contributed by atoms with van der Waals surface area (Å²) in [7, 11) is 0. The monoisotopic (exact) mass is 273 g/mol. The largest absolute Gasteiger partial charge is 0.324 e. The molecular formula is C15H16ClN3. The third kappa shape index (κ3) is 2.11. The van der Waals surface area contributed by atoms with Gasteiger partial charge in [-0.3, -0.25) is 0 Å². The molecule has 0 atom stereocenters. The number of aromatic nitrogens is 2. The van der Waals surface area contributed by atoms with Crippen LogP contribution in [0.15, 0.2) is 18.2 Å². The van der Waals surface area contributed by atoms with Crippen LogP contribution in [-0.4, -0.2) is 9.55 Å². The summed E-state index contributed by atoms with van der Waals surface area (Å²) < 4.78 is 2.27. The van der Waals surface area contributed by atoms with Gasteiger partial charge in [0.2, 0.25) is 0 Å². The molecule has 0 bridgehead atoms. The van der Waals surface area contributed by atoms with Crippen LogP contribution in [-0.2, 0) is 5.88 Å². The molecule has 0 radical (unpaired) electrons. The molecule has 98 valence electrons. The summed E-state index contributed by atoms with van der Waals surface area (Å²) in [6.45, 7) is 0. The standard InChI is InChI=1S/C15H16ClN3/c16-9-14-18-15-11(10-17)5-4-8-13(15)19(14)12-6-2-1-3-7-12/h4-5,8,12H,1-3,6-7,9H2. The van der Waals surface area contributed by atoms with E-state index in [1.165, 1.54) is 32.1 Å². The number of fused-ring (bicyclic) bond motifs is 1. The molecule has 2 aromatic rings. The molecular weight excluding hydrogens is 258 g/mol. The maximum absolute atomic E-state index is 9.19. The third-order valence-corrected chi connectivity index (χ3v) is 4.21. The Labute approximate surface area is 117 Å². The van der Waals surface area contributed by atoms with Gasteiger partial charge in [0.05, 0.1) is 17.0 Å². The minimum Gasteiger partial charge on any atom is -0.324 e. The van der Waals surface area contributed by atoms with E-state index in [2.05, 4.69) is 15.6 Å². The van der Waals surface area contributed by atoms with Gasteiger partial charge in [0.1, 0.15) is 17.4 Å². The summed E-state index contributed by atoms with van der Waals surface area (Å²) in [5.41, 5.74) is 2.49. The number of halogens is 1. The van der Waals surface area contributed by atoms with E-state index in [1.807, 2.05) is 18.2 Å². The average molecular weight is 274 g/mol. The van der Waals surface area contributed by atoms with Gasteiger partial charge in [-0.15, -0.1) is 11.6 Å². The molecule has 0 saturated heterocycles. The van der Waals surface area contributed by atoms with Crippen LogP contribution in [0.25, 0.3) is 11.0 Å². The van der Waals surface area contributed by atoms with E-state index in [9.17, 15) is 5.26 Å². The summed E-state index contributed by atoms with van der Waals surface area (Å²) >= 11 is 6.05. The molecule has 1 aliphatic carbocycles. The van der Waals surface area contributed by atoms with E-state index < -0.39 is 0 Å².